The Morgan fingerprint density at radius 1 is 0.917 bits per heavy atom. The quantitative estimate of drug-likeness (QED) is 0.509. The van der Waals surface area contributed by atoms with Crippen molar-refractivity contribution in [3.05, 3.63) is 83.6 Å². The van der Waals surface area contributed by atoms with Gasteiger partial charge in [0.15, 0.2) is 0 Å². The minimum absolute atomic E-state index is 0.115. The van der Waals surface area contributed by atoms with Crippen molar-refractivity contribution in [2.24, 2.45) is 0 Å². The number of aromatic nitrogens is 1. The molecule has 4 rings (SSSR count). The van der Waals surface area contributed by atoms with Gasteiger partial charge in [-0.1, -0.05) is 12.1 Å². The van der Waals surface area contributed by atoms with Gasteiger partial charge in [-0.05, 0) is 42.5 Å². The molecule has 0 atom stereocenters. The van der Waals surface area contributed by atoms with Crippen LogP contribution in [0.25, 0.3) is 0 Å². The molecule has 1 amide bonds. The number of hydrogen-bond donors (Lipinski definition) is 1. The molecule has 190 valence electrons. The smallest absolute Gasteiger partial charge is 0.366 e. The molecular formula is C23H19F5N4O3S. The molecule has 2 heterocycles. The van der Waals surface area contributed by atoms with Gasteiger partial charge >= 0.3 is 6.18 Å². The van der Waals surface area contributed by atoms with E-state index < -0.39 is 43.9 Å². The maximum atomic E-state index is 14.0. The van der Waals surface area contributed by atoms with E-state index in [9.17, 15) is 35.2 Å². The minimum Gasteiger partial charge on any atom is -0.366 e. The van der Waals surface area contributed by atoms with Crippen molar-refractivity contribution in [1.82, 2.24) is 9.71 Å². The van der Waals surface area contributed by atoms with Gasteiger partial charge in [0.2, 0.25) is 0 Å². The molecule has 0 aliphatic carbocycles. The molecule has 1 N–H and O–H groups in total. The summed E-state index contributed by atoms with van der Waals surface area (Å²) in [6, 6.07) is 10.3. The molecule has 0 spiro atoms. The van der Waals surface area contributed by atoms with Crippen molar-refractivity contribution >= 4 is 27.4 Å². The highest BCUT2D eigenvalue weighted by Crippen LogP contribution is 2.32. The number of alkyl halides is 3. The molecule has 36 heavy (non-hydrogen) atoms. The van der Waals surface area contributed by atoms with Crippen LogP contribution >= 0.6 is 0 Å². The number of carbonyl (C=O) groups excluding carboxylic acids is 1. The number of hydrogen-bond acceptors (Lipinski definition) is 6. The first-order valence-corrected chi connectivity index (χ1v) is 12.1. The molecule has 1 saturated heterocycles. The van der Waals surface area contributed by atoms with Gasteiger partial charge in [0.25, 0.3) is 15.9 Å². The lowest BCUT2D eigenvalue weighted by molar-refractivity contribution is -0.138. The lowest BCUT2D eigenvalue weighted by Crippen LogP contribution is -2.47. The van der Waals surface area contributed by atoms with Gasteiger partial charge in [0.1, 0.15) is 22.3 Å². The highest BCUT2D eigenvalue weighted by molar-refractivity contribution is 7.90. The Morgan fingerprint density at radius 3 is 2.19 bits per heavy atom. The average Bonchev–Trinajstić information content (AvgIpc) is 2.84. The number of piperazine rings is 1. The largest absolute Gasteiger partial charge is 0.417 e. The Hall–Kier alpha value is -3.74. The van der Waals surface area contributed by atoms with E-state index in [1.165, 1.54) is 12.1 Å². The molecule has 1 aliphatic heterocycles. The number of pyridine rings is 1. The van der Waals surface area contributed by atoms with E-state index in [4.69, 9.17) is 0 Å². The average molecular weight is 526 g/mol. The maximum Gasteiger partial charge on any atom is 0.417 e. The first kappa shape index (κ1) is 25.4. The van der Waals surface area contributed by atoms with Gasteiger partial charge in [-0.25, -0.2) is 26.9 Å². The summed E-state index contributed by atoms with van der Waals surface area (Å²) in [7, 11) is -4.57. The predicted octanol–water partition coefficient (Wildman–Crippen LogP) is 3.82. The third-order valence-electron chi connectivity index (χ3n) is 5.59. The van der Waals surface area contributed by atoms with Crippen molar-refractivity contribution in [2.75, 3.05) is 36.0 Å². The van der Waals surface area contributed by atoms with Crippen LogP contribution in [0.3, 0.4) is 0 Å². The van der Waals surface area contributed by atoms with Crippen LogP contribution in [0.1, 0.15) is 15.9 Å². The van der Waals surface area contributed by atoms with Gasteiger partial charge in [0, 0.05) is 32.4 Å². The highest BCUT2D eigenvalue weighted by atomic mass is 32.2. The van der Waals surface area contributed by atoms with Crippen LogP contribution in [0.4, 0.5) is 33.5 Å². The van der Waals surface area contributed by atoms with Crippen molar-refractivity contribution in [2.45, 2.75) is 11.1 Å². The fourth-order valence-corrected chi connectivity index (χ4v) is 4.70. The van der Waals surface area contributed by atoms with E-state index in [1.807, 2.05) is 9.80 Å². The molecule has 13 heteroatoms. The molecule has 0 saturated carbocycles. The molecule has 1 aromatic heterocycles. The number of benzene rings is 2. The van der Waals surface area contributed by atoms with Crippen LogP contribution in [0.5, 0.6) is 0 Å². The Balaban J connectivity index is 1.45. The molecule has 1 fully saturated rings. The van der Waals surface area contributed by atoms with Gasteiger partial charge in [-0.2, -0.15) is 13.2 Å². The Bertz CT molecular complexity index is 1370. The fourth-order valence-electron chi connectivity index (χ4n) is 3.79. The van der Waals surface area contributed by atoms with Crippen molar-refractivity contribution in [3.8, 4) is 0 Å². The minimum atomic E-state index is -5.07. The number of carbonyl (C=O) groups is 1. The van der Waals surface area contributed by atoms with E-state index in [2.05, 4.69) is 4.98 Å². The molecule has 0 bridgehead atoms. The summed E-state index contributed by atoms with van der Waals surface area (Å²) in [5, 5.41) is 0. The molecular weight excluding hydrogens is 507 g/mol. The van der Waals surface area contributed by atoms with E-state index in [-0.39, 0.29) is 11.9 Å². The second kappa shape index (κ2) is 9.72. The number of sulfonamides is 1. The molecule has 1 aliphatic rings. The summed E-state index contributed by atoms with van der Waals surface area (Å²) >= 11 is 0. The van der Waals surface area contributed by atoms with E-state index >= 15 is 0 Å². The summed E-state index contributed by atoms with van der Waals surface area (Å²) in [6.07, 6.45) is -4.10. The zero-order valence-corrected chi connectivity index (χ0v) is 19.3. The van der Waals surface area contributed by atoms with E-state index in [1.54, 1.807) is 22.9 Å². The second-order valence-electron chi connectivity index (χ2n) is 7.90. The Kier molecular flexibility index (Phi) is 6.85. The van der Waals surface area contributed by atoms with Crippen molar-refractivity contribution in [1.29, 1.82) is 0 Å². The first-order valence-electron chi connectivity index (χ1n) is 10.6. The number of rotatable bonds is 5. The zero-order valence-electron chi connectivity index (χ0n) is 18.5. The summed E-state index contributed by atoms with van der Waals surface area (Å²) in [5.74, 6) is -2.68. The SMILES string of the molecule is O=C(NS(=O)(=O)c1ccc(N2CCN(c3ccccc3F)CC2)nc1)c1ccc(F)cc1C(F)(F)F. The van der Waals surface area contributed by atoms with Crippen LogP contribution in [-0.2, 0) is 16.2 Å². The first-order chi connectivity index (χ1) is 17.0. The number of halogens is 5. The van der Waals surface area contributed by atoms with Crippen molar-refractivity contribution < 1.29 is 35.2 Å². The van der Waals surface area contributed by atoms with Crippen LogP contribution in [-0.4, -0.2) is 45.5 Å². The summed E-state index contributed by atoms with van der Waals surface area (Å²) in [5.41, 5.74) is -2.15. The third kappa shape index (κ3) is 5.40. The van der Waals surface area contributed by atoms with E-state index in [0.717, 1.165) is 12.3 Å². The number of nitrogens with one attached hydrogen (secondary N) is 1. The van der Waals surface area contributed by atoms with Gasteiger partial charge in [-0.15, -0.1) is 0 Å². The third-order valence-corrected chi connectivity index (χ3v) is 6.90. The van der Waals surface area contributed by atoms with Crippen LogP contribution < -0.4 is 14.5 Å². The van der Waals surface area contributed by atoms with Crippen LogP contribution in [0.2, 0.25) is 0 Å². The Morgan fingerprint density at radius 2 is 1.58 bits per heavy atom. The number of para-hydroxylation sites is 1. The lowest BCUT2D eigenvalue weighted by atomic mass is 10.1. The second-order valence-corrected chi connectivity index (χ2v) is 9.58. The molecule has 2 aromatic carbocycles. The lowest BCUT2D eigenvalue weighted by Gasteiger charge is -2.36. The monoisotopic (exact) mass is 526 g/mol. The van der Waals surface area contributed by atoms with Crippen LogP contribution in [0, 0.1) is 11.6 Å². The Labute approximate surface area is 203 Å². The molecule has 7 nitrogen and oxygen atoms in total. The topological polar surface area (TPSA) is 82.6 Å². The number of amides is 1. The standard InChI is InChI=1S/C23H19F5N4O3S/c24-15-5-7-17(18(13-15)23(26,27)28)22(33)30-36(34,35)16-6-8-21(29-14-16)32-11-9-31(10-12-32)20-4-2-1-3-19(20)25/h1-8,13-14H,9-12H2,(H,30,33). The highest BCUT2D eigenvalue weighted by Gasteiger charge is 2.36. The maximum absolute atomic E-state index is 14.0. The van der Waals surface area contributed by atoms with Crippen LogP contribution in [0.15, 0.2) is 65.7 Å². The van der Waals surface area contributed by atoms with Gasteiger partial charge < -0.3 is 9.80 Å². The van der Waals surface area contributed by atoms with Crippen molar-refractivity contribution in [3.63, 3.8) is 0 Å². The fraction of sp³-hybridized carbons (Fsp3) is 0.217. The summed E-state index contributed by atoms with van der Waals surface area (Å²) in [6.45, 7) is 1.96. The van der Waals surface area contributed by atoms with E-state index in [0.29, 0.717) is 49.8 Å². The van der Waals surface area contributed by atoms with Gasteiger partial charge in [-0.3, -0.25) is 4.79 Å². The summed E-state index contributed by atoms with van der Waals surface area (Å²) < 4.78 is 93.5. The predicted molar refractivity (Wildman–Crippen MR) is 121 cm³/mol. The summed E-state index contributed by atoms with van der Waals surface area (Å²) in [4.78, 5) is 19.7. The van der Waals surface area contributed by atoms with Gasteiger partial charge in [0.05, 0.1) is 16.8 Å². The number of nitrogens with zero attached hydrogens (tertiary/aromatic N) is 3. The zero-order chi connectivity index (χ0) is 26.1. The molecule has 0 radical (unpaired) electrons. The molecule has 3 aromatic rings. The normalized spacial score (nSPS) is 14.6. The number of anilines is 2. The molecule has 0 unspecified atom stereocenters.